The fourth-order valence-corrected chi connectivity index (χ4v) is 2.03. The first-order valence-corrected chi connectivity index (χ1v) is 5.88. The molecule has 5 nitrogen and oxygen atoms in total. The Morgan fingerprint density at radius 2 is 2.12 bits per heavy atom. The molecule has 0 aromatic carbocycles. The third-order valence-corrected chi connectivity index (χ3v) is 2.93. The second-order valence-electron chi connectivity index (χ2n) is 4.49. The normalized spacial score (nSPS) is 11.4. The van der Waals surface area contributed by atoms with Gasteiger partial charge in [-0.15, -0.1) is 0 Å². The van der Waals surface area contributed by atoms with Gasteiger partial charge in [-0.25, -0.2) is 9.97 Å². The second-order valence-corrected chi connectivity index (χ2v) is 4.49. The van der Waals surface area contributed by atoms with Crippen molar-refractivity contribution in [1.82, 2.24) is 19.1 Å². The Balaban J connectivity index is 2.61. The van der Waals surface area contributed by atoms with E-state index in [0.29, 0.717) is 5.92 Å². The number of nitrogens with two attached hydrogens (primary N) is 1. The molecule has 0 aliphatic rings. The van der Waals surface area contributed by atoms with Crippen LogP contribution in [0.5, 0.6) is 0 Å². The lowest BCUT2D eigenvalue weighted by molar-refractivity contribution is 0.658. The molecule has 0 saturated heterocycles. The van der Waals surface area contributed by atoms with Crippen LogP contribution in [0.3, 0.4) is 0 Å². The topological polar surface area (TPSA) is 61.7 Å². The van der Waals surface area contributed by atoms with E-state index < -0.39 is 0 Å². The van der Waals surface area contributed by atoms with Gasteiger partial charge in [-0.05, 0) is 6.92 Å². The molecule has 2 heterocycles. The lowest BCUT2D eigenvalue weighted by Crippen LogP contribution is -2.06. The molecule has 17 heavy (non-hydrogen) atoms. The molecule has 0 unspecified atom stereocenters. The molecule has 0 aliphatic heterocycles. The van der Waals surface area contributed by atoms with Crippen molar-refractivity contribution in [3.05, 3.63) is 18.3 Å². The number of aromatic nitrogens is 4. The Bertz CT molecular complexity index is 521. The van der Waals surface area contributed by atoms with E-state index in [2.05, 4.69) is 35.3 Å². The molecule has 2 aromatic heterocycles. The van der Waals surface area contributed by atoms with Gasteiger partial charge in [-0.2, -0.15) is 0 Å². The summed E-state index contributed by atoms with van der Waals surface area (Å²) >= 11 is 0. The standard InChI is InChI=1S/C12H19N5/c1-5-17-11(13)10(15-12(17)8(2)3)9-6-14-7-16(9)4/h6-8H,5,13H2,1-4H3. The van der Waals surface area contributed by atoms with Gasteiger partial charge in [0.25, 0.3) is 0 Å². The molecule has 92 valence electrons. The Morgan fingerprint density at radius 1 is 1.41 bits per heavy atom. The van der Waals surface area contributed by atoms with E-state index in [4.69, 9.17) is 5.73 Å². The maximum Gasteiger partial charge on any atom is 0.133 e. The number of rotatable bonds is 3. The van der Waals surface area contributed by atoms with Gasteiger partial charge in [0, 0.05) is 19.5 Å². The Labute approximate surface area is 101 Å². The summed E-state index contributed by atoms with van der Waals surface area (Å²) in [4.78, 5) is 8.77. The lowest BCUT2D eigenvalue weighted by Gasteiger charge is -2.08. The zero-order valence-electron chi connectivity index (χ0n) is 10.8. The van der Waals surface area contributed by atoms with Gasteiger partial charge in [-0.3, -0.25) is 0 Å². The maximum absolute atomic E-state index is 6.17. The SMILES string of the molecule is CCn1c(C(C)C)nc(-c2cncn2C)c1N. The van der Waals surface area contributed by atoms with Crippen molar-refractivity contribution < 1.29 is 0 Å². The van der Waals surface area contributed by atoms with Crippen LogP contribution >= 0.6 is 0 Å². The molecule has 0 fully saturated rings. The Kier molecular flexibility index (Phi) is 2.92. The smallest absolute Gasteiger partial charge is 0.133 e. The lowest BCUT2D eigenvalue weighted by atomic mass is 10.2. The number of anilines is 1. The zero-order chi connectivity index (χ0) is 12.6. The van der Waals surface area contributed by atoms with Crippen molar-refractivity contribution >= 4 is 5.82 Å². The first-order chi connectivity index (χ1) is 8.06. The van der Waals surface area contributed by atoms with E-state index >= 15 is 0 Å². The van der Waals surface area contributed by atoms with Crippen molar-refractivity contribution in [3.8, 4) is 11.4 Å². The molecular weight excluding hydrogens is 214 g/mol. The first-order valence-electron chi connectivity index (χ1n) is 5.88. The monoisotopic (exact) mass is 233 g/mol. The van der Waals surface area contributed by atoms with Crippen LogP contribution in [0.15, 0.2) is 12.5 Å². The minimum absolute atomic E-state index is 0.360. The third-order valence-electron chi connectivity index (χ3n) is 2.93. The number of aryl methyl sites for hydroxylation is 1. The van der Waals surface area contributed by atoms with Crippen molar-refractivity contribution in [2.45, 2.75) is 33.2 Å². The third kappa shape index (κ3) is 1.81. The molecule has 0 amide bonds. The highest BCUT2D eigenvalue weighted by atomic mass is 15.2. The molecule has 0 spiro atoms. The predicted octanol–water partition coefficient (Wildman–Crippen LogP) is 2.01. The molecule has 2 N–H and O–H groups in total. The molecular formula is C12H19N5. The van der Waals surface area contributed by atoms with E-state index in [1.807, 2.05) is 11.6 Å². The molecule has 0 saturated carbocycles. The van der Waals surface area contributed by atoms with Crippen LogP contribution in [0.4, 0.5) is 5.82 Å². The van der Waals surface area contributed by atoms with Crippen molar-refractivity contribution in [2.75, 3.05) is 5.73 Å². The minimum atomic E-state index is 0.360. The van der Waals surface area contributed by atoms with Gasteiger partial charge in [0.15, 0.2) is 0 Å². The molecule has 2 rings (SSSR count). The maximum atomic E-state index is 6.17. The van der Waals surface area contributed by atoms with Crippen LogP contribution in [-0.2, 0) is 13.6 Å². The Hall–Kier alpha value is -1.78. The fraction of sp³-hybridized carbons (Fsp3) is 0.500. The summed E-state index contributed by atoms with van der Waals surface area (Å²) in [5, 5.41) is 0. The molecule has 0 aliphatic carbocycles. The van der Waals surface area contributed by atoms with Crippen molar-refractivity contribution in [3.63, 3.8) is 0 Å². The summed E-state index contributed by atoms with van der Waals surface area (Å²) in [6.07, 6.45) is 3.55. The summed E-state index contributed by atoms with van der Waals surface area (Å²) < 4.78 is 4.00. The summed E-state index contributed by atoms with van der Waals surface area (Å²) in [6.45, 7) is 7.17. The van der Waals surface area contributed by atoms with Crippen LogP contribution in [0.1, 0.15) is 32.5 Å². The van der Waals surface area contributed by atoms with E-state index in [1.165, 1.54) is 0 Å². The highest BCUT2D eigenvalue weighted by Crippen LogP contribution is 2.28. The summed E-state index contributed by atoms with van der Waals surface area (Å²) in [5.41, 5.74) is 7.96. The number of nitrogen functional groups attached to an aromatic ring is 1. The number of hydrogen-bond acceptors (Lipinski definition) is 3. The molecule has 0 atom stereocenters. The minimum Gasteiger partial charge on any atom is -0.383 e. The quantitative estimate of drug-likeness (QED) is 0.882. The van der Waals surface area contributed by atoms with Crippen LogP contribution in [-0.4, -0.2) is 19.1 Å². The number of nitrogens with zero attached hydrogens (tertiary/aromatic N) is 4. The average Bonchev–Trinajstić information content (AvgIpc) is 2.82. The Morgan fingerprint density at radius 3 is 2.53 bits per heavy atom. The van der Waals surface area contributed by atoms with Gasteiger partial charge in [0.1, 0.15) is 17.3 Å². The van der Waals surface area contributed by atoms with Gasteiger partial charge < -0.3 is 14.9 Å². The largest absolute Gasteiger partial charge is 0.383 e. The van der Waals surface area contributed by atoms with Gasteiger partial charge >= 0.3 is 0 Å². The van der Waals surface area contributed by atoms with Crippen molar-refractivity contribution in [2.24, 2.45) is 7.05 Å². The molecule has 0 radical (unpaired) electrons. The van der Waals surface area contributed by atoms with Crippen molar-refractivity contribution in [1.29, 1.82) is 0 Å². The van der Waals surface area contributed by atoms with Gasteiger partial charge in [-0.1, -0.05) is 13.8 Å². The first kappa shape index (κ1) is 11.7. The highest BCUT2D eigenvalue weighted by molar-refractivity contribution is 5.68. The summed E-state index contributed by atoms with van der Waals surface area (Å²) in [6, 6.07) is 0. The van der Waals surface area contributed by atoms with Gasteiger partial charge in [0.2, 0.25) is 0 Å². The molecule has 0 bridgehead atoms. The zero-order valence-corrected chi connectivity index (χ0v) is 10.8. The highest BCUT2D eigenvalue weighted by Gasteiger charge is 2.18. The molecule has 2 aromatic rings. The van der Waals surface area contributed by atoms with E-state index in [1.54, 1.807) is 12.5 Å². The summed E-state index contributed by atoms with van der Waals surface area (Å²) in [7, 11) is 1.95. The van der Waals surface area contributed by atoms with Crippen LogP contribution < -0.4 is 5.73 Å². The predicted molar refractivity (Wildman–Crippen MR) is 68.6 cm³/mol. The second kappa shape index (κ2) is 4.24. The fourth-order valence-electron chi connectivity index (χ4n) is 2.03. The van der Waals surface area contributed by atoms with Crippen LogP contribution in [0.2, 0.25) is 0 Å². The van der Waals surface area contributed by atoms with E-state index in [-0.39, 0.29) is 0 Å². The van der Waals surface area contributed by atoms with Crippen LogP contribution in [0, 0.1) is 0 Å². The number of hydrogen-bond donors (Lipinski definition) is 1. The van der Waals surface area contributed by atoms with Crippen LogP contribution in [0.25, 0.3) is 11.4 Å². The van der Waals surface area contributed by atoms with Gasteiger partial charge in [0.05, 0.1) is 18.2 Å². The average molecular weight is 233 g/mol. The van der Waals surface area contributed by atoms with E-state index in [9.17, 15) is 0 Å². The number of imidazole rings is 2. The van der Waals surface area contributed by atoms with E-state index in [0.717, 1.165) is 29.6 Å². The molecule has 5 heteroatoms. The summed E-state index contributed by atoms with van der Waals surface area (Å²) in [5.74, 6) is 2.11.